The molecule has 0 fully saturated rings. The van der Waals surface area contributed by atoms with E-state index in [2.05, 4.69) is 31.8 Å². The summed E-state index contributed by atoms with van der Waals surface area (Å²) in [6, 6.07) is 0. The van der Waals surface area contributed by atoms with Crippen LogP contribution in [0, 0.1) is 5.92 Å². The molecule has 0 aliphatic rings. The number of rotatable bonds is 6. The van der Waals surface area contributed by atoms with Gasteiger partial charge in [-0.2, -0.15) is 0 Å². The zero-order chi connectivity index (χ0) is 17.1. The fourth-order valence-electron chi connectivity index (χ4n) is 2.74. The predicted molar refractivity (Wildman–Crippen MR) is 92.7 cm³/mol. The molecule has 2 rings (SSSR count). The molecule has 0 saturated heterocycles. The first-order chi connectivity index (χ1) is 10.8. The highest BCUT2D eigenvalue weighted by molar-refractivity contribution is 5.69. The molecule has 0 bridgehead atoms. The molecule has 6 nitrogen and oxygen atoms in total. The van der Waals surface area contributed by atoms with Gasteiger partial charge in [0.15, 0.2) is 11.2 Å². The van der Waals surface area contributed by atoms with Gasteiger partial charge in [0.05, 0.1) is 6.33 Å². The SMILES string of the molecule is CC(C)=CCC[C@H](C)CCn1c(=O)c2c(ncn2C)n(C)c1=O. The van der Waals surface area contributed by atoms with Crippen LogP contribution in [0.15, 0.2) is 27.6 Å². The molecule has 2 heterocycles. The van der Waals surface area contributed by atoms with Crippen molar-refractivity contribution in [2.24, 2.45) is 20.0 Å². The summed E-state index contributed by atoms with van der Waals surface area (Å²) in [4.78, 5) is 29.1. The molecule has 0 aliphatic heterocycles. The average molecular weight is 318 g/mol. The molecular formula is C17H26N4O2. The van der Waals surface area contributed by atoms with Crippen LogP contribution < -0.4 is 11.2 Å². The van der Waals surface area contributed by atoms with Crippen LogP contribution in [0.5, 0.6) is 0 Å². The summed E-state index contributed by atoms with van der Waals surface area (Å²) in [6.45, 7) is 6.80. The van der Waals surface area contributed by atoms with Gasteiger partial charge in [-0.3, -0.25) is 13.9 Å². The Labute approximate surface area is 136 Å². The van der Waals surface area contributed by atoms with E-state index < -0.39 is 0 Å². The van der Waals surface area contributed by atoms with Crippen molar-refractivity contribution < 1.29 is 0 Å². The molecule has 6 heteroatoms. The molecule has 0 aromatic carbocycles. The highest BCUT2D eigenvalue weighted by Crippen LogP contribution is 2.12. The summed E-state index contributed by atoms with van der Waals surface area (Å²) in [5.74, 6) is 0.462. The standard InChI is InChI=1S/C17H26N4O2/c1-12(2)7-6-8-13(3)9-10-21-16(22)14-15(18-11-19(14)4)20(5)17(21)23/h7,11,13H,6,8-10H2,1-5H3/t13-/m0/s1. The van der Waals surface area contributed by atoms with Gasteiger partial charge in [-0.15, -0.1) is 0 Å². The van der Waals surface area contributed by atoms with E-state index in [0.29, 0.717) is 23.6 Å². The van der Waals surface area contributed by atoms with Crippen molar-refractivity contribution in [3.05, 3.63) is 38.8 Å². The Balaban J connectivity index is 2.21. The number of hydrogen-bond acceptors (Lipinski definition) is 3. The van der Waals surface area contributed by atoms with Crippen LogP contribution in [-0.4, -0.2) is 18.7 Å². The summed E-state index contributed by atoms with van der Waals surface area (Å²) in [5, 5.41) is 0. The van der Waals surface area contributed by atoms with Gasteiger partial charge < -0.3 is 4.57 Å². The monoisotopic (exact) mass is 318 g/mol. The number of fused-ring (bicyclic) bond motifs is 1. The van der Waals surface area contributed by atoms with Gasteiger partial charge in [-0.1, -0.05) is 18.6 Å². The van der Waals surface area contributed by atoms with Gasteiger partial charge in [-0.05, 0) is 39.0 Å². The lowest BCUT2D eigenvalue weighted by Crippen LogP contribution is -2.39. The maximum atomic E-state index is 12.6. The lowest BCUT2D eigenvalue weighted by molar-refractivity contribution is 0.439. The van der Waals surface area contributed by atoms with Gasteiger partial charge in [0.25, 0.3) is 5.56 Å². The zero-order valence-corrected chi connectivity index (χ0v) is 14.7. The molecule has 126 valence electrons. The number of allylic oxidation sites excluding steroid dienone is 2. The summed E-state index contributed by atoms with van der Waals surface area (Å²) in [5.41, 5.74) is 1.70. The molecule has 23 heavy (non-hydrogen) atoms. The first-order valence-electron chi connectivity index (χ1n) is 8.07. The molecule has 0 aliphatic carbocycles. The van der Waals surface area contributed by atoms with Crippen LogP contribution in [0.2, 0.25) is 0 Å². The number of aryl methyl sites for hydroxylation is 2. The maximum absolute atomic E-state index is 12.6. The van der Waals surface area contributed by atoms with Crippen LogP contribution in [0.1, 0.15) is 40.0 Å². The fraction of sp³-hybridized carbons (Fsp3) is 0.588. The van der Waals surface area contributed by atoms with Gasteiger partial charge in [-0.25, -0.2) is 9.78 Å². The van der Waals surface area contributed by atoms with Crippen LogP contribution in [0.3, 0.4) is 0 Å². The first kappa shape index (κ1) is 17.2. The number of nitrogens with zero attached hydrogens (tertiary/aromatic N) is 4. The Morgan fingerprint density at radius 1 is 1.26 bits per heavy atom. The van der Waals surface area contributed by atoms with Gasteiger partial charge in [0.2, 0.25) is 0 Å². The van der Waals surface area contributed by atoms with Crippen molar-refractivity contribution in [3.63, 3.8) is 0 Å². The molecule has 0 radical (unpaired) electrons. The van der Waals surface area contributed by atoms with Crippen LogP contribution in [-0.2, 0) is 20.6 Å². The minimum atomic E-state index is -0.294. The van der Waals surface area contributed by atoms with Crippen molar-refractivity contribution in [2.75, 3.05) is 0 Å². The summed E-state index contributed by atoms with van der Waals surface area (Å²) in [6.07, 6.45) is 6.71. The molecule has 0 unspecified atom stereocenters. The minimum Gasteiger partial charge on any atom is -0.328 e. The van der Waals surface area contributed by atoms with Crippen molar-refractivity contribution in [2.45, 2.75) is 46.6 Å². The largest absolute Gasteiger partial charge is 0.332 e. The Kier molecular flexibility index (Phi) is 5.23. The summed E-state index contributed by atoms with van der Waals surface area (Å²) >= 11 is 0. The van der Waals surface area contributed by atoms with E-state index in [-0.39, 0.29) is 11.2 Å². The number of imidazole rings is 1. The van der Waals surface area contributed by atoms with Crippen LogP contribution in [0.25, 0.3) is 11.2 Å². The topological polar surface area (TPSA) is 61.8 Å². The Morgan fingerprint density at radius 3 is 2.61 bits per heavy atom. The van der Waals surface area contributed by atoms with E-state index in [1.165, 1.54) is 14.7 Å². The molecule has 0 N–H and O–H groups in total. The first-order valence-corrected chi connectivity index (χ1v) is 8.07. The zero-order valence-electron chi connectivity index (χ0n) is 14.7. The normalized spacial score (nSPS) is 12.6. The third-order valence-corrected chi connectivity index (χ3v) is 4.26. The van der Waals surface area contributed by atoms with Crippen molar-refractivity contribution in [1.82, 2.24) is 18.7 Å². The molecule has 2 aromatic heterocycles. The van der Waals surface area contributed by atoms with Crippen molar-refractivity contribution in [1.29, 1.82) is 0 Å². The van der Waals surface area contributed by atoms with E-state index in [1.807, 2.05) is 0 Å². The van der Waals surface area contributed by atoms with E-state index >= 15 is 0 Å². The van der Waals surface area contributed by atoms with Gasteiger partial charge >= 0.3 is 5.69 Å². The quantitative estimate of drug-likeness (QED) is 0.767. The second-order valence-electron chi connectivity index (χ2n) is 6.58. The summed E-state index contributed by atoms with van der Waals surface area (Å²) in [7, 11) is 3.43. The smallest absolute Gasteiger partial charge is 0.328 e. The highest BCUT2D eigenvalue weighted by Gasteiger charge is 2.15. The van der Waals surface area contributed by atoms with Crippen molar-refractivity contribution in [3.8, 4) is 0 Å². The average Bonchev–Trinajstić information content (AvgIpc) is 2.86. The Hall–Kier alpha value is -2.11. The molecule has 0 spiro atoms. The minimum absolute atomic E-state index is 0.250. The Bertz CT molecular complexity index is 835. The maximum Gasteiger partial charge on any atom is 0.332 e. The van der Waals surface area contributed by atoms with Gasteiger partial charge in [0, 0.05) is 20.6 Å². The molecular weight excluding hydrogens is 292 g/mol. The second kappa shape index (κ2) is 6.98. The molecule has 0 amide bonds. The third-order valence-electron chi connectivity index (χ3n) is 4.26. The van der Waals surface area contributed by atoms with E-state index in [4.69, 9.17) is 0 Å². The van der Waals surface area contributed by atoms with Gasteiger partial charge in [0.1, 0.15) is 0 Å². The lowest BCUT2D eigenvalue weighted by Gasteiger charge is -2.12. The Morgan fingerprint density at radius 2 is 1.96 bits per heavy atom. The van der Waals surface area contributed by atoms with E-state index in [0.717, 1.165) is 19.3 Å². The third kappa shape index (κ3) is 3.63. The molecule has 1 atom stereocenters. The van der Waals surface area contributed by atoms with E-state index in [1.54, 1.807) is 25.0 Å². The van der Waals surface area contributed by atoms with Crippen molar-refractivity contribution >= 4 is 11.2 Å². The molecule has 2 aromatic rings. The number of aromatic nitrogens is 4. The van der Waals surface area contributed by atoms with Crippen LogP contribution >= 0.6 is 0 Å². The molecule has 0 saturated carbocycles. The lowest BCUT2D eigenvalue weighted by atomic mass is 10.0. The van der Waals surface area contributed by atoms with Crippen LogP contribution in [0.4, 0.5) is 0 Å². The highest BCUT2D eigenvalue weighted by atomic mass is 16.2. The second-order valence-corrected chi connectivity index (χ2v) is 6.58. The van der Waals surface area contributed by atoms with E-state index in [9.17, 15) is 9.59 Å². The predicted octanol–water partition coefficient (Wildman–Crippen LogP) is 2.21. The number of hydrogen-bond donors (Lipinski definition) is 0. The fourth-order valence-corrected chi connectivity index (χ4v) is 2.74. The summed E-state index contributed by atoms with van der Waals surface area (Å²) < 4.78 is 4.46.